The zero-order valence-corrected chi connectivity index (χ0v) is 13.4. The molecule has 0 atom stereocenters. The van der Waals surface area contributed by atoms with Gasteiger partial charge in [-0.2, -0.15) is 0 Å². The van der Waals surface area contributed by atoms with Crippen molar-refractivity contribution in [1.82, 2.24) is 0 Å². The third-order valence-electron chi connectivity index (χ3n) is 4.27. The molecule has 0 heterocycles. The molecule has 20 heavy (non-hydrogen) atoms. The van der Waals surface area contributed by atoms with Crippen LogP contribution in [-0.4, -0.2) is 17.7 Å². The van der Waals surface area contributed by atoms with Crippen molar-refractivity contribution in [2.24, 2.45) is 5.92 Å². The summed E-state index contributed by atoms with van der Waals surface area (Å²) < 4.78 is 0. The summed E-state index contributed by atoms with van der Waals surface area (Å²) in [6, 6.07) is 6.58. The first-order valence-electron chi connectivity index (χ1n) is 7.78. The fourth-order valence-electron chi connectivity index (χ4n) is 3.09. The van der Waals surface area contributed by atoms with Crippen molar-refractivity contribution in [3.8, 4) is 0 Å². The zero-order valence-electron chi connectivity index (χ0n) is 12.6. The maximum atomic E-state index is 9.66. The fraction of sp³-hybridized carbons (Fsp3) is 0.647. The van der Waals surface area contributed by atoms with Crippen LogP contribution in [0.3, 0.4) is 0 Å². The Morgan fingerprint density at radius 2 is 2.00 bits per heavy atom. The highest BCUT2D eigenvalue weighted by atomic mass is 35.5. The minimum Gasteiger partial charge on any atom is -0.392 e. The minimum atomic E-state index is 0.0138. The molecule has 1 saturated carbocycles. The number of benzene rings is 1. The molecular weight excluding hydrogens is 270 g/mol. The van der Waals surface area contributed by atoms with Crippen LogP contribution in [0.5, 0.6) is 0 Å². The Morgan fingerprint density at radius 1 is 1.30 bits per heavy atom. The number of rotatable bonds is 6. The van der Waals surface area contributed by atoms with E-state index in [1.807, 2.05) is 12.1 Å². The SMILES string of the molecule is CC(C)CCN(c1cccc(Cl)c1CO)C1CCCC1. The summed E-state index contributed by atoms with van der Waals surface area (Å²) in [4.78, 5) is 2.49. The molecule has 0 radical (unpaired) electrons. The third kappa shape index (κ3) is 3.67. The molecule has 2 rings (SSSR count). The largest absolute Gasteiger partial charge is 0.392 e. The van der Waals surface area contributed by atoms with Crippen LogP contribution in [0.15, 0.2) is 18.2 Å². The second kappa shape index (κ2) is 7.33. The van der Waals surface area contributed by atoms with Gasteiger partial charge in [0.25, 0.3) is 0 Å². The van der Waals surface area contributed by atoms with Crippen molar-refractivity contribution < 1.29 is 5.11 Å². The highest BCUT2D eigenvalue weighted by molar-refractivity contribution is 6.31. The lowest BCUT2D eigenvalue weighted by Crippen LogP contribution is -2.35. The summed E-state index contributed by atoms with van der Waals surface area (Å²) in [5.41, 5.74) is 2.01. The van der Waals surface area contributed by atoms with E-state index in [1.54, 1.807) is 0 Å². The van der Waals surface area contributed by atoms with Gasteiger partial charge in [0.15, 0.2) is 0 Å². The predicted octanol–water partition coefficient (Wildman–Crippen LogP) is 4.63. The first-order chi connectivity index (χ1) is 9.63. The summed E-state index contributed by atoms with van der Waals surface area (Å²) in [5, 5.41) is 10.3. The molecule has 2 nitrogen and oxygen atoms in total. The van der Waals surface area contributed by atoms with Gasteiger partial charge in [0.2, 0.25) is 0 Å². The first kappa shape index (κ1) is 15.7. The number of nitrogens with zero attached hydrogens (tertiary/aromatic N) is 1. The van der Waals surface area contributed by atoms with E-state index in [9.17, 15) is 5.11 Å². The fourth-order valence-corrected chi connectivity index (χ4v) is 3.32. The molecule has 0 saturated heterocycles. The van der Waals surface area contributed by atoms with Crippen molar-refractivity contribution in [2.45, 2.75) is 58.6 Å². The van der Waals surface area contributed by atoms with Crippen molar-refractivity contribution in [1.29, 1.82) is 0 Å². The molecular formula is C17H26ClNO. The van der Waals surface area contributed by atoms with E-state index >= 15 is 0 Å². The lowest BCUT2D eigenvalue weighted by Gasteiger charge is -2.33. The molecule has 0 spiro atoms. The molecule has 3 heteroatoms. The van der Waals surface area contributed by atoms with Crippen LogP contribution in [0, 0.1) is 5.92 Å². The van der Waals surface area contributed by atoms with Gasteiger partial charge in [0.1, 0.15) is 0 Å². The van der Waals surface area contributed by atoms with Gasteiger partial charge in [-0.05, 0) is 37.3 Å². The number of aliphatic hydroxyl groups is 1. The van der Waals surface area contributed by atoms with E-state index < -0.39 is 0 Å². The normalized spacial score (nSPS) is 16.1. The first-order valence-corrected chi connectivity index (χ1v) is 8.16. The molecule has 1 aliphatic carbocycles. The van der Waals surface area contributed by atoms with Crippen LogP contribution in [-0.2, 0) is 6.61 Å². The van der Waals surface area contributed by atoms with E-state index in [-0.39, 0.29) is 6.61 Å². The van der Waals surface area contributed by atoms with Crippen LogP contribution in [0.2, 0.25) is 5.02 Å². The summed E-state index contributed by atoms with van der Waals surface area (Å²) in [5.74, 6) is 0.690. The molecule has 1 fully saturated rings. The van der Waals surface area contributed by atoms with Gasteiger partial charge in [-0.1, -0.05) is 44.4 Å². The number of halogens is 1. The number of aliphatic hydroxyl groups excluding tert-OH is 1. The zero-order chi connectivity index (χ0) is 14.5. The molecule has 1 aliphatic rings. The van der Waals surface area contributed by atoms with Gasteiger partial charge in [-0.3, -0.25) is 0 Å². The molecule has 0 aliphatic heterocycles. The van der Waals surface area contributed by atoms with E-state index in [0.29, 0.717) is 17.0 Å². The van der Waals surface area contributed by atoms with Crippen LogP contribution in [0.25, 0.3) is 0 Å². The predicted molar refractivity (Wildman–Crippen MR) is 86.4 cm³/mol. The average molecular weight is 296 g/mol. The summed E-state index contributed by atoms with van der Waals surface area (Å²) in [6.07, 6.45) is 6.33. The molecule has 112 valence electrons. The number of hydrogen-bond acceptors (Lipinski definition) is 2. The van der Waals surface area contributed by atoms with E-state index in [1.165, 1.54) is 32.1 Å². The summed E-state index contributed by atoms with van der Waals surface area (Å²) in [7, 11) is 0. The maximum Gasteiger partial charge on any atom is 0.0716 e. The number of hydrogen-bond donors (Lipinski definition) is 1. The van der Waals surface area contributed by atoms with E-state index in [0.717, 1.165) is 17.8 Å². The van der Waals surface area contributed by atoms with Crippen LogP contribution in [0.1, 0.15) is 51.5 Å². The van der Waals surface area contributed by atoms with Gasteiger partial charge in [-0.25, -0.2) is 0 Å². The Hall–Kier alpha value is -0.730. The van der Waals surface area contributed by atoms with Crippen molar-refractivity contribution in [3.05, 3.63) is 28.8 Å². The van der Waals surface area contributed by atoms with Gasteiger partial charge in [0.05, 0.1) is 6.61 Å². The molecule has 1 aromatic rings. The Morgan fingerprint density at radius 3 is 2.60 bits per heavy atom. The lowest BCUT2D eigenvalue weighted by atomic mass is 10.1. The Bertz CT molecular complexity index is 427. The van der Waals surface area contributed by atoms with Crippen LogP contribution < -0.4 is 4.90 Å². The smallest absolute Gasteiger partial charge is 0.0716 e. The molecule has 0 bridgehead atoms. The van der Waals surface area contributed by atoms with Crippen molar-refractivity contribution >= 4 is 17.3 Å². The summed E-state index contributed by atoms with van der Waals surface area (Å²) in [6.45, 7) is 5.59. The third-order valence-corrected chi connectivity index (χ3v) is 4.63. The minimum absolute atomic E-state index is 0.0138. The topological polar surface area (TPSA) is 23.5 Å². The molecule has 0 amide bonds. The quantitative estimate of drug-likeness (QED) is 0.827. The molecule has 0 unspecified atom stereocenters. The Kier molecular flexibility index (Phi) is 5.74. The molecule has 0 aromatic heterocycles. The van der Waals surface area contributed by atoms with E-state index in [2.05, 4.69) is 24.8 Å². The number of anilines is 1. The van der Waals surface area contributed by atoms with Crippen LogP contribution in [0.4, 0.5) is 5.69 Å². The second-order valence-corrected chi connectivity index (χ2v) is 6.62. The molecule has 1 N–H and O–H groups in total. The molecule has 1 aromatic carbocycles. The Labute approximate surface area is 127 Å². The van der Waals surface area contributed by atoms with E-state index in [4.69, 9.17) is 11.6 Å². The van der Waals surface area contributed by atoms with Gasteiger partial charge in [-0.15, -0.1) is 0 Å². The van der Waals surface area contributed by atoms with Crippen molar-refractivity contribution in [3.63, 3.8) is 0 Å². The second-order valence-electron chi connectivity index (χ2n) is 6.21. The average Bonchev–Trinajstić information content (AvgIpc) is 2.93. The maximum absolute atomic E-state index is 9.66. The highest BCUT2D eigenvalue weighted by Crippen LogP contribution is 2.34. The van der Waals surface area contributed by atoms with Crippen molar-refractivity contribution in [2.75, 3.05) is 11.4 Å². The van der Waals surface area contributed by atoms with Gasteiger partial charge >= 0.3 is 0 Å². The highest BCUT2D eigenvalue weighted by Gasteiger charge is 2.25. The van der Waals surface area contributed by atoms with Crippen LogP contribution >= 0.6 is 11.6 Å². The summed E-state index contributed by atoms with van der Waals surface area (Å²) >= 11 is 6.26. The van der Waals surface area contributed by atoms with Gasteiger partial charge in [0, 0.05) is 28.9 Å². The van der Waals surface area contributed by atoms with Gasteiger partial charge < -0.3 is 10.0 Å². The monoisotopic (exact) mass is 295 g/mol. The Balaban J connectivity index is 2.27. The standard InChI is InChI=1S/C17H26ClNO/c1-13(2)10-11-19(14-6-3-4-7-14)17-9-5-8-16(18)15(17)12-20/h5,8-9,13-14,20H,3-4,6-7,10-12H2,1-2H3. The lowest BCUT2D eigenvalue weighted by molar-refractivity contribution is 0.282.